The van der Waals surface area contributed by atoms with Crippen molar-refractivity contribution in [2.75, 3.05) is 0 Å². The predicted molar refractivity (Wildman–Crippen MR) is 92.1 cm³/mol. The first kappa shape index (κ1) is 17.8. The summed E-state index contributed by atoms with van der Waals surface area (Å²) in [6.45, 7) is 1.66. The number of carboxylic acids is 1. The molecule has 0 saturated heterocycles. The molecule has 0 unspecified atom stereocenters. The number of aryl methyl sites for hydroxylation is 1. The van der Waals surface area contributed by atoms with Gasteiger partial charge in [-0.3, -0.25) is 4.79 Å². The van der Waals surface area contributed by atoms with Crippen molar-refractivity contribution in [1.82, 2.24) is 4.57 Å². The molecule has 134 valence electrons. The van der Waals surface area contributed by atoms with Crippen molar-refractivity contribution in [1.29, 1.82) is 0 Å². The first-order valence-corrected chi connectivity index (χ1v) is 7.87. The minimum Gasteiger partial charge on any atom is -0.477 e. The van der Waals surface area contributed by atoms with Crippen LogP contribution in [0.25, 0.3) is 22.0 Å². The third-order valence-electron chi connectivity index (χ3n) is 4.25. The van der Waals surface area contributed by atoms with Gasteiger partial charge in [0, 0.05) is 12.7 Å². The van der Waals surface area contributed by atoms with Crippen molar-refractivity contribution in [2.24, 2.45) is 0 Å². The Morgan fingerprint density at radius 3 is 2.38 bits per heavy atom. The normalized spacial score (nSPS) is 11.1. The fraction of sp³-hybridized carbons (Fsp3) is 0.158. The van der Waals surface area contributed by atoms with Crippen LogP contribution in [-0.2, 0) is 13.2 Å². The van der Waals surface area contributed by atoms with Crippen LogP contribution in [0.3, 0.4) is 0 Å². The first-order chi connectivity index (χ1) is 12.4. The summed E-state index contributed by atoms with van der Waals surface area (Å²) in [5.74, 6) is -3.36. The first-order valence-electron chi connectivity index (χ1n) is 7.87. The van der Waals surface area contributed by atoms with Crippen molar-refractivity contribution >= 4 is 16.9 Å². The number of aromatic carboxylic acids is 1. The van der Waals surface area contributed by atoms with Crippen LogP contribution in [0.15, 0.2) is 41.3 Å². The maximum atomic E-state index is 15.2. The number of hydrogen-bond donors (Lipinski definition) is 2. The molecule has 0 aliphatic rings. The van der Waals surface area contributed by atoms with E-state index in [2.05, 4.69) is 0 Å². The zero-order chi connectivity index (χ0) is 19.0. The lowest BCUT2D eigenvalue weighted by atomic mass is 9.99. The average molecular weight is 359 g/mol. The molecule has 0 saturated carbocycles. The van der Waals surface area contributed by atoms with Gasteiger partial charge in [0.2, 0.25) is 5.43 Å². The van der Waals surface area contributed by atoms with Gasteiger partial charge in [0.05, 0.1) is 23.1 Å². The van der Waals surface area contributed by atoms with Gasteiger partial charge in [-0.05, 0) is 24.1 Å². The molecule has 1 heterocycles. The number of aromatic nitrogens is 1. The Balaban J connectivity index is 2.39. The largest absolute Gasteiger partial charge is 0.477 e. The number of fused-ring (bicyclic) bond motifs is 1. The number of benzene rings is 2. The topological polar surface area (TPSA) is 79.5 Å². The van der Waals surface area contributed by atoms with Crippen molar-refractivity contribution in [3.8, 4) is 11.1 Å². The van der Waals surface area contributed by atoms with Crippen LogP contribution < -0.4 is 5.43 Å². The second kappa shape index (κ2) is 6.68. The molecule has 0 amide bonds. The van der Waals surface area contributed by atoms with E-state index in [9.17, 15) is 14.0 Å². The summed E-state index contributed by atoms with van der Waals surface area (Å²) in [5, 5.41) is 17.9. The van der Waals surface area contributed by atoms with Crippen LogP contribution in [0, 0.1) is 11.6 Å². The summed E-state index contributed by atoms with van der Waals surface area (Å²) in [6, 6.07) is 6.89. The summed E-state index contributed by atoms with van der Waals surface area (Å²) in [5.41, 5.74) is -1.10. The minimum absolute atomic E-state index is 0.148. The molecule has 3 rings (SSSR count). The van der Waals surface area contributed by atoms with E-state index >= 15 is 4.39 Å². The minimum atomic E-state index is -1.46. The molecule has 0 aliphatic carbocycles. The van der Waals surface area contributed by atoms with Gasteiger partial charge in [0.1, 0.15) is 11.4 Å². The maximum Gasteiger partial charge on any atom is 0.341 e. The standard InChI is InChI=1S/C19H15F2NO4/c1-2-22-8-13(19(25)26)18(24)12-7-14(20)15(16(21)17(12)22)11-5-3-10(9-23)4-6-11/h3-8,23H,2,9H2,1H3,(H,25,26). The van der Waals surface area contributed by atoms with E-state index in [4.69, 9.17) is 10.2 Å². The van der Waals surface area contributed by atoms with E-state index in [1.165, 1.54) is 16.7 Å². The summed E-state index contributed by atoms with van der Waals surface area (Å²) < 4.78 is 31.1. The summed E-state index contributed by atoms with van der Waals surface area (Å²) in [6.07, 6.45) is 1.06. The van der Waals surface area contributed by atoms with Gasteiger partial charge in [-0.1, -0.05) is 24.3 Å². The molecule has 5 nitrogen and oxygen atoms in total. The quantitative estimate of drug-likeness (QED) is 0.750. The van der Waals surface area contributed by atoms with Gasteiger partial charge < -0.3 is 14.8 Å². The van der Waals surface area contributed by atoms with E-state index in [0.717, 1.165) is 12.3 Å². The van der Waals surface area contributed by atoms with Crippen LogP contribution in [0.4, 0.5) is 8.78 Å². The Morgan fingerprint density at radius 2 is 1.85 bits per heavy atom. The highest BCUT2D eigenvalue weighted by Crippen LogP contribution is 2.31. The fourth-order valence-electron chi connectivity index (χ4n) is 2.93. The molecule has 0 radical (unpaired) electrons. The lowest BCUT2D eigenvalue weighted by Gasteiger charge is -2.14. The zero-order valence-corrected chi connectivity index (χ0v) is 13.8. The molecule has 3 aromatic rings. The van der Waals surface area contributed by atoms with Gasteiger partial charge in [-0.15, -0.1) is 0 Å². The molecule has 0 bridgehead atoms. The number of aliphatic hydroxyl groups is 1. The lowest BCUT2D eigenvalue weighted by Crippen LogP contribution is -2.20. The number of hydrogen-bond acceptors (Lipinski definition) is 3. The van der Waals surface area contributed by atoms with Gasteiger partial charge in [-0.2, -0.15) is 0 Å². The van der Waals surface area contributed by atoms with Gasteiger partial charge in [0.15, 0.2) is 5.82 Å². The molecule has 26 heavy (non-hydrogen) atoms. The molecule has 2 N–H and O–H groups in total. The number of carboxylic acid groups (broad SMARTS) is 1. The molecule has 0 spiro atoms. The second-order valence-corrected chi connectivity index (χ2v) is 5.76. The Kier molecular flexibility index (Phi) is 4.56. The van der Waals surface area contributed by atoms with E-state index in [1.54, 1.807) is 19.1 Å². The highest BCUT2D eigenvalue weighted by molar-refractivity contribution is 5.94. The van der Waals surface area contributed by atoms with E-state index in [0.29, 0.717) is 5.56 Å². The number of halogens is 2. The van der Waals surface area contributed by atoms with Crippen molar-refractivity contribution < 1.29 is 23.8 Å². The SMILES string of the molecule is CCn1cc(C(=O)O)c(=O)c2cc(F)c(-c3ccc(CO)cc3)c(F)c21. The second-order valence-electron chi connectivity index (χ2n) is 5.76. The predicted octanol–water partition coefficient (Wildman–Crippen LogP) is 3.16. The molecule has 0 atom stereocenters. The summed E-state index contributed by atoms with van der Waals surface area (Å²) in [4.78, 5) is 23.5. The van der Waals surface area contributed by atoms with E-state index < -0.39 is 28.6 Å². The maximum absolute atomic E-state index is 15.2. The molecule has 0 fully saturated rings. The number of aliphatic hydroxyl groups excluding tert-OH is 1. The summed E-state index contributed by atoms with van der Waals surface area (Å²) in [7, 11) is 0. The smallest absolute Gasteiger partial charge is 0.341 e. The van der Waals surface area contributed by atoms with Crippen LogP contribution in [0.2, 0.25) is 0 Å². The van der Waals surface area contributed by atoms with Crippen LogP contribution in [0.5, 0.6) is 0 Å². The Bertz CT molecular complexity index is 1070. The fourth-order valence-corrected chi connectivity index (χ4v) is 2.93. The molecular weight excluding hydrogens is 344 g/mol. The Labute approximate surface area is 146 Å². The number of pyridine rings is 1. The highest BCUT2D eigenvalue weighted by Gasteiger charge is 2.22. The average Bonchev–Trinajstić information content (AvgIpc) is 2.62. The third kappa shape index (κ3) is 2.76. The van der Waals surface area contributed by atoms with Crippen molar-refractivity contribution in [2.45, 2.75) is 20.1 Å². The third-order valence-corrected chi connectivity index (χ3v) is 4.25. The molecular formula is C19H15F2NO4. The number of carbonyl (C=O) groups is 1. The Hall–Kier alpha value is -3.06. The van der Waals surface area contributed by atoms with Gasteiger partial charge >= 0.3 is 5.97 Å². The summed E-state index contributed by atoms with van der Waals surface area (Å²) >= 11 is 0. The number of nitrogens with zero attached hydrogens (tertiary/aromatic N) is 1. The van der Waals surface area contributed by atoms with Gasteiger partial charge in [0.25, 0.3) is 0 Å². The van der Waals surface area contributed by atoms with E-state index in [1.807, 2.05) is 0 Å². The molecule has 7 heteroatoms. The number of rotatable bonds is 4. The van der Waals surface area contributed by atoms with Crippen LogP contribution in [0.1, 0.15) is 22.8 Å². The van der Waals surface area contributed by atoms with Crippen LogP contribution in [-0.4, -0.2) is 20.7 Å². The van der Waals surface area contributed by atoms with Crippen LogP contribution >= 0.6 is 0 Å². The van der Waals surface area contributed by atoms with Gasteiger partial charge in [-0.25, -0.2) is 13.6 Å². The molecule has 0 aliphatic heterocycles. The van der Waals surface area contributed by atoms with Crippen molar-refractivity contribution in [3.63, 3.8) is 0 Å². The Morgan fingerprint density at radius 1 is 1.19 bits per heavy atom. The lowest BCUT2D eigenvalue weighted by molar-refractivity contribution is 0.0695. The van der Waals surface area contributed by atoms with Crippen molar-refractivity contribution in [3.05, 3.63) is 69.5 Å². The van der Waals surface area contributed by atoms with E-state index in [-0.39, 0.29) is 35.2 Å². The highest BCUT2D eigenvalue weighted by atomic mass is 19.1. The molecule has 2 aromatic carbocycles. The monoisotopic (exact) mass is 359 g/mol. The zero-order valence-electron chi connectivity index (χ0n) is 13.8. The molecule has 1 aromatic heterocycles.